The number of hydrogen-bond donors (Lipinski definition) is 1. The van der Waals surface area contributed by atoms with Gasteiger partial charge >= 0.3 is 0 Å². The molecular weight excluding hydrogens is 449 g/mol. The third-order valence-corrected chi connectivity index (χ3v) is 3.79. The molecule has 0 saturated carbocycles. The zero-order valence-corrected chi connectivity index (χ0v) is 15.0. The van der Waals surface area contributed by atoms with Gasteiger partial charge in [0.25, 0.3) is 11.6 Å². The Labute approximate surface area is 155 Å². The molecule has 0 heterocycles. The fourth-order valence-electron chi connectivity index (χ4n) is 1.64. The molecule has 124 valence electrons. The molecular formula is C15H11ClIN3O4. The van der Waals surface area contributed by atoms with Gasteiger partial charge in [0.1, 0.15) is 10.8 Å². The summed E-state index contributed by atoms with van der Waals surface area (Å²) in [6.45, 7) is -0.196. The van der Waals surface area contributed by atoms with Crippen LogP contribution >= 0.6 is 34.2 Å². The van der Waals surface area contributed by atoms with Gasteiger partial charge in [0.05, 0.1) is 11.1 Å². The van der Waals surface area contributed by atoms with Crippen molar-refractivity contribution in [2.45, 2.75) is 0 Å². The van der Waals surface area contributed by atoms with E-state index in [0.717, 1.165) is 3.57 Å². The highest BCUT2D eigenvalue weighted by Gasteiger charge is 2.11. The number of hydrogen-bond acceptors (Lipinski definition) is 5. The monoisotopic (exact) mass is 459 g/mol. The minimum Gasteiger partial charge on any atom is -0.484 e. The molecule has 0 spiro atoms. The van der Waals surface area contributed by atoms with Crippen molar-refractivity contribution in [2.75, 3.05) is 6.61 Å². The van der Waals surface area contributed by atoms with Crippen molar-refractivity contribution in [3.05, 3.63) is 66.7 Å². The number of carbonyl (C=O) groups is 1. The number of nitro groups is 1. The second kappa shape index (κ2) is 8.60. The van der Waals surface area contributed by atoms with Gasteiger partial charge in [0, 0.05) is 15.2 Å². The summed E-state index contributed by atoms with van der Waals surface area (Å²) in [5.74, 6) is 0.121. The Morgan fingerprint density at radius 1 is 1.33 bits per heavy atom. The molecule has 0 aliphatic rings. The molecule has 0 atom stereocenters. The van der Waals surface area contributed by atoms with E-state index in [1.165, 1.54) is 18.3 Å². The molecule has 2 rings (SSSR count). The third-order valence-electron chi connectivity index (χ3n) is 2.75. The number of rotatable bonds is 6. The molecule has 0 unspecified atom stereocenters. The second-order valence-electron chi connectivity index (χ2n) is 4.50. The lowest BCUT2D eigenvalue weighted by Gasteiger charge is -2.04. The van der Waals surface area contributed by atoms with Crippen LogP contribution in [0.4, 0.5) is 5.69 Å². The predicted molar refractivity (Wildman–Crippen MR) is 98.5 cm³/mol. The van der Waals surface area contributed by atoms with E-state index < -0.39 is 10.8 Å². The predicted octanol–water partition coefficient (Wildman–Crippen LogP) is 3.38. The number of hydrazone groups is 1. The maximum Gasteiger partial charge on any atom is 0.288 e. The maximum absolute atomic E-state index is 11.6. The lowest BCUT2D eigenvalue weighted by molar-refractivity contribution is -0.384. The van der Waals surface area contributed by atoms with Crippen LogP contribution in [0.3, 0.4) is 0 Å². The second-order valence-corrected chi connectivity index (χ2v) is 6.16. The average molecular weight is 460 g/mol. The summed E-state index contributed by atoms with van der Waals surface area (Å²) in [4.78, 5) is 21.8. The summed E-state index contributed by atoms with van der Waals surface area (Å²) in [6.07, 6.45) is 1.28. The smallest absolute Gasteiger partial charge is 0.288 e. The van der Waals surface area contributed by atoms with Gasteiger partial charge < -0.3 is 4.74 Å². The maximum atomic E-state index is 11.6. The molecule has 9 heteroatoms. The summed E-state index contributed by atoms with van der Waals surface area (Å²) in [7, 11) is 0. The molecule has 1 amide bonds. The Morgan fingerprint density at radius 2 is 2.04 bits per heavy atom. The Bertz CT molecular complexity index is 781. The summed E-state index contributed by atoms with van der Waals surface area (Å²) >= 11 is 7.88. The van der Waals surface area contributed by atoms with Gasteiger partial charge in [-0.05, 0) is 52.9 Å². The van der Waals surface area contributed by atoms with Crippen LogP contribution in [0, 0.1) is 13.7 Å². The van der Waals surface area contributed by atoms with Crippen LogP contribution in [0.15, 0.2) is 47.6 Å². The first-order valence-corrected chi connectivity index (χ1v) is 8.05. The van der Waals surface area contributed by atoms with E-state index in [9.17, 15) is 14.9 Å². The Morgan fingerprint density at radius 3 is 2.71 bits per heavy atom. The van der Waals surface area contributed by atoms with E-state index >= 15 is 0 Å². The van der Waals surface area contributed by atoms with Gasteiger partial charge in [0.15, 0.2) is 6.61 Å². The summed E-state index contributed by atoms with van der Waals surface area (Å²) in [5, 5.41) is 14.5. The number of nitro benzene ring substituents is 1. The van der Waals surface area contributed by atoms with Gasteiger partial charge in [-0.3, -0.25) is 14.9 Å². The summed E-state index contributed by atoms with van der Waals surface area (Å²) in [6, 6.07) is 11.4. The Balaban J connectivity index is 1.87. The third kappa shape index (κ3) is 5.46. The first-order chi connectivity index (χ1) is 11.5. The van der Waals surface area contributed by atoms with Gasteiger partial charge in [-0.25, -0.2) is 5.43 Å². The van der Waals surface area contributed by atoms with E-state index in [1.54, 1.807) is 18.2 Å². The molecule has 7 nitrogen and oxygen atoms in total. The first-order valence-electron chi connectivity index (χ1n) is 6.60. The number of amides is 1. The van der Waals surface area contributed by atoms with Gasteiger partial charge in [-0.15, -0.1) is 0 Å². The lowest BCUT2D eigenvalue weighted by atomic mass is 10.2. The number of carbonyl (C=O) groups excluding carboxylic acids is 1. The molecule has 0 fully saturated rings. The molecule has 0 aromatic heterocycles. The van der Waals surface area contributed by atoms with E-state index in [4.69, 9.17) is 16.3 Å². The fraction of sp³-hybridized carbons (Fsp3) is 0.0667. The molecule has 0 saturated heterocycles. The van der Waals surface area contributed by atoms with Gasteiger partial charge in [-0.1, -0.05) is 17.7 Å². The lowest BCUT2D eigenvalue weighted by Crippen LogP contribution is -2.24. The van der Waals surface area contributed by atoms with Crippen LogP contribution in [0.1, 0.15) is 5.56 Å². The minimum absolute atomic E-state index is 0.0344. The van der Waals surface area contributed by atoms with Crippen LogP contribution in [-0.2, 0) is 4.79 Å². The molecule has 0 bridgehead atoms. The number of nitrogens with zero attached hydrogens (tertiary/aromatic N) is 2. The zero-order chi connectivity index (χ0) is 17.5. The minimum atomic E-state index is -0.590. The number of halogens is 2. The SMILES string of the molecule is O=C(COc1ccc(I)cc1)NN=Cc1ccc(Cl)c([N+](=O)[O-])c1. The number of nitrogens with one attached hydrogen (secondary N) is 1. The highest BCUT2D eigenvalue weighted by molar-refractivity contribution is 14.1. The van der Waals surface area contributed by atoms with Crippen molar-refractivity contribution in [3.8, 4) is 5.75 Å². The van der Waals surface area contributed by atoms with Crippen molar-refractivity contribution < 1.29 is 14.5 Å². The van der Waals surface area contributed by atoms with E-state index in [0.29, 0.717) is 11.3 Å². The fourth-order valence-corrected chi connectivity index (χ4v) is 2.19. The van der Waals surface area contributed by atoms with E-state index in [1.807, 2.05) is 12.1 Å². The molecule has 24 heavy (non-hydrogen) atoms. The van der Waals surface area contributed by atoms with E-state index in [-0.39, 0.29) is 17.3 Å². The Kier molecular flexibility index (Phi) is 6.50. The highest BCUT2D eigenvalue weighted by Crippen LogP contribution is 2.24. The molecule has 2 aromatic carbocycles. The Hall–Kier alpha value is -2.20. The van der Waals surface area contributed by atoms with Gasteiger partial charge in [-0.2, -0.15) is 5.10 Å². The topological polar surface area (TPSA) is 93.8 Å². The largest absolute Gasteiger partial charge is 0.484 e. The van der Waals surface area contributed by atoms with Crippen LogP contribution in [0.25, 0.3) is 0 Å². The van der Waals surface area contributed by atoms with Crippen molar-refractivity contribution in [1.29, 1.82) is 0 Å². The molecule has 0 radical (unpaired) electrons. The summed E-state index contributed by atoms with van der Waals surface area (Å²) in [5.41, 5.74) is 2.48. The molecule has 2 aromatic rings. The number of ether oxygens (including phenoxy) is 1. The highest BCUT2D eigenvalue weighted by atomic mass is 127. The van der Waals surface area contributed by atoms with Crippen LogP contribution in [-0.4, -0.2) is 23.7 Å². The molecule has 0 aliphatic heterocycles. The van der Waals surface area contributed by atoms with Crippen molar-refractivity contribution in [1.82, 2.24) is 5.43 Å². The van der Waals surface area contributed by atoms with Crippen LogP contribution in [0.5, 0.6) is 5.75 Å². The van der Waals surface area contributed by atoms with E-state index in [2.05, 4.69) is 33.1 Å². The summed E-state index contributed by atoms with van der Waals surface area (Å²) < 4.78 is 6.36. The van der Waals surface area contributed by atoms with Crippen molar-refractivity contribution >= 4 is 52.0 Å². The normalized spacial score (nSPS) is 10.6. The molecule has 1 N–H and O–H groups in total. The van der Waals surface area contributed by atoms with Crippen LogP contribution < -0.4 is 10.2 Å². The molecule has 0 aliphatic carbocycles. The standard InChI is InChI=1S/C15H11ClIN3O4/c16-13-6-1-10(7-14(13)20(22)23)8-18-19-15(21)9-24-12-4-2-11(17)3-5-12/h1-8H,9H2,(H,19,21). The van der Waals surface area contributed by atoms with Crippen LogP contribution in [0.2, 0.25) is 5.02 Å². The first kappa shape index (κ1) is 18.1. The van der Waals surface area contributed by atoms with Crippen molar-refractivity contribution in [3.63, 3.8) is 0 Å². The van der Waals surface area contributed by atoms with Gasteiger partial charge in [0.2, 0.25) is 0 Å². The zero-order valence-electron chi connectivity index (χ0n) is 12.1. The van der Waals surface area contributed by atoms with Crippen molar-refractivity contribution in [2.24, 2.45) is 5.10 Å². The average Bonchev–Trinajstić information content (AvgIpc) is 2.55. The number of benzene rings is 2. The quantitative estimate of drug-likeness (QED) is 0.310.